The third-order valence-corrected chi connectivity index (χ3v) is 9.37. The van der Waals surface area contributed by atoms with Crippen molar-refractivity contribution in [2.24, 2.45) is 11.8 Å². The van der Waals surface area contributed by atoms with Gasteiger partial charge in [0.2, 0.25) is 0 Å². The summed E-state index contributed by atoms with van der Waals surface area (Å²) < 4.78 is 20.1. The Morgan fingerprint density at radius 2 is 1.78 bits per heavy atom. The maximum atomic E-state index is 14.5. The number of hydrogen-bond acceptors (Lipinski definition) is 7. The van der Waals surface area contributed by atoms with Crippen molar-refractivity contribution in [1.82, 2.24) is 0 Å². The molecule has 0 amide bonds. The van der Waals surface area contributed by atoms with Crippen LogP contribution in [0.15, 0.2) is 41.0 Å². The number of aliphatic carboxylic acids is 1. The molecule has 0 radical (unpaired) electrons. The number of rotatable bonds is 5. The van der Waals surface area contributed by atoms with E-state index >= 15 is 0 Å². The van der Waals surface area contributed by atoms with E-state index in [4.69, 9.17) is 14.2 Å². The summed E-state index contributed by atoms with van der Waals surface area (Å²) in [5.74, 6) is -2.29. The minimum atomic E-state index is -1.61. The van der Waals surface area contributed by atoms with Gasteiger partial charge in [-0.15, -0.1) is 0 Å². The summed E-state index contributed by atoms with van der Waals surface area (Å²) in [4.78, 5) is 40.4. The standard InChI is InChI=1S/C33H36O8/c1-16(2)8-9-20-26-19(11-12-30(4,5)39-26)24(34)23-25(35)21-14-18-15-22-31(6,7)41-32(28(18)36,13-10-17(3)29(37)38)33(21,22)40-27(20)23/h8,10-12,14,18,22,34H,9,13,15H2,1-7H3,(H,37,38)/b17-10-/t18-,22?,32+,33-/m0/s1. The Morgan fingerprint density at radius 1 is 1.07 bits per heavy atom. The monoisotopic (exact) mass is 560 g/mol. The van der Waals surface area contributed by atoms with Crippen LogP contribution < -0.4 is 9.47 Å². The molecule has 0 aromatic heterocycles. The summed E-state index contributed by atoms with van der Waals surface area (Å²) in [6.45, 7) is 13.0. The number of phenolic OH excluding ortho intramolecular Hbond substituents is 1. The van der Waals surface area contributed by atoms with Gasteiger partial charge in [0, 0.05) is 35.0 Å². The van der Waals surface area contributed by atoms with E-state index in [2.05, 4.69) is 0 Å². The first-order chi connectivity index (χ1) is 19.1. The molecule has 8 heteroatoms. The molecule has 1 spiro atoms. The highest BCUT2D eigenvalue weighted by atomic mass is 16.6. The largest absolute Gasteiger partial charge is 0.506 e. The van der Waals surface area contributed by atoms with Crippen LogP contribution in [0.5, 0.6) is 17.2 Å². The SMILES string of the molecule is CC(C)=CCc1c2c(c(O)c3c1O[C@@]14C(=C[C@H]5CC1C(C)(C)O[C@]4(C/C=C(/C)C(=O)O)C5=O)C3=O)C=CC(C)(C)O2. The number of Topliss-reactive ketones (excluding diaryl/α,β-unsaturated/α-hetero) is 2. The lowest BCUT2D eigenvalue weighted by molar-refractivity contribution is -0.171. The number of carbonyl (C=O) groups is 3. The first-order valence-electron chi connectivity index (χ1n) is 14.1. The summed E-state index contributed by atoms with van der Waals surface area (Å²) in [5.41, 5.74) is -2.14. The second kappa shape index (κ2) is 8.44. The predicted molar refractivity (Wildman–Crippen MR) is 151 cm³/mol. The van der Waals surface area contributed by atoms with E-state index in [9.17, 15) is 24.6 Å². The Labute approximate surface area is 239 Å². The molecule has 7 rings (SSSR count). The quantitative estimate of drug-likeness (QED) is 0.357. The number of hydrogen-bond donors (Lipinski definition) is 2. The Balaban J connectivity index is 1.66. The molecule has 1 unspecified atom stereocenters. The minimum Gasteiger partial charge on any atom is -0.506 e. The third-order valence-electron chi connectivity index (χ3n) is 9.37. The van der Waals surface area contributed by atoms with Gasteiger partial charge in [0.15, 0.2) is 22.8 Å². The number of phenols is 1. The van der Waals surface area contributed by atoms with Crippen molar-refractivity contribution in [3.05, 3.63) is 57.7 Å². The highest BCUT2D eigenvalue weighted by molar-refractivity contribution is 6.19. The van der Waals surface area contributed by atoms with Crippen molar-refractivity contribution in [2.75, 3.05) is 0 Å². The fraction of sp³-hybridized carbons (Fsp3) is 0.485. The zero-order chi connectivity index (χ0) is 29.9. The highest BCUT2D eigenvalue weighted by Gasteiger charge is 2.81. The minimum absolute atomic E-state index is 0.0513. The van der Waals surface area contributed by atoms with Crippen LogP contribution in [0.1, 0.15) is 82.8 Å². The summed E-state index contributed by atoms with van der Waals surface area (Å²) >= 11 is 0. The summed E-state index contributed by atoms with van der Waals surface area (Å²) in [6, 6.07) is 0. The Morgan fingerprint density at radius 3 is 2.44 bits per heavy atom. The number of aromatic hydroxyl groups is 1. The smallest absolute Gasteiger partial charge is 0.330 e. The fourth-order valence-corrected chi connectivity index (χ4v) is 7.44. The van der Waals surface area contributed by atoms with Crippen molar-refractivity contribution in [2.45, 2.75) is 90.1 Å². The first-order valence-corrected chi connectivity index (χ1v) is 14.1. The molecular formula is C33H36O8. The van der Waals surface area contributed by atoms with Crippen molar-refractivity contribution >= 4 is 23.6 Å². The molecule has 2 fully saturated rings. The molecule has 1 aromatic rings. The number of carboxylic acid groups (broad SMARTS) is 1. The van der Waals surface area contributed by atoms with E-state index in [1.54, 1.807) is 12.2 Å². The first kappa shape index (κ1) is 27.5. The molecule has 3 aliphatic heterocycles. The lowest BCUT2D eigenvalue weighted by Gasteiger charge is -2.56. The van der Waals surface area contributed by atoms with E-state index in [-0.39, 0.29) is 40.8 Å². The fourth-order valence-electron chi connectivity index (χ4n) is 7.44. The van der Waals surface area contributed by atoms with E-state index in [1.165, 1.54) is 13.0 Å². The third kappa shape index (κ3) is 3.52. The summed E-state index contributed by atoms with van der Waals surface area (Å²) in [5, 5.41) is 21.1. The zero-order valence-corrected chi connectivity index (χ0v) is 24.5. The number of ether oxygens (including phenoxy) is 3. The van der Waals surface area contributed by atoms with Crippen molar-refractivity contribution < 1.29 is 38.8 Å². The number of fused-ring (bicyclic) bond motifs is 2. The number of carbonyl (C=O) groups excluding carboxylic acids is 2. The van der Waals surface area contributed by atoms with Gasteiger partial charge in [-0.2, -0.15) is 0 Å². The molecule has 8 nitrogen and oxygen atoms in total. The molecule has 1 saturated heterocycles. The molecule has 3 heterocycles. The summed E-state index contributed by atoms with van der Waals surface area (Å²) in [6.07, 6.45) is 9.54. The van der Waals surface area contributed by atoms with Crippen molar-refractivity contribution in [3.8, 4) is 17.2 Å². The van der Waals surface area contributed by atoms with Gasteiger partial charge in [-0.05, 0) is 73.5 Å². The van der Waals surface area contributed by atoms with Crippen LogP contribution in [0.4, 0.5) is 0 Å². The van der Waals surface area contributed by atoms with Gasteiger partial charge in [-0.3, -0.25) is 9.59 Å². The van der Waals surface area contributed by atoms with Crippen LogP contribution in [0.3, 0.4) is 0 Å². The predicted octanol–water partition coefficient (Wildman–Crippen LogP) is 5.51. The maximum Gasteiger partial charge on any atom is 0.330 e. The Kier molecular flexibility index (Phi) is 5.67. The molecule has 3 aliphatic carbocycles. The average molecular weight is 561 g/mol. The molecule has 1 aromatic carbocycles. The van der Waals surface area contributed by atoms with E-state index in [0.717, 1.165) is 5.57 Å². The lowest BCUT2D eigenvalue weighted by atomic mass is 9.51. The maximum absolute atomic E-state index is 14.5. The molecular weight excluding hydrogens is 524 g/mol. The van der Waals surface area contributed by atoms with Crippen LogP contribution in [0.25, 0.3) is 6.08 Å². The average Bonchev–Trinajstić information content (AvgIpc) is 3.03. The molecule has 2 N–H and O–H groups in total. The van der Waals surface area contributed by atoms with Crippen LogP contribution >= 0.6 is 0 Å². The zero-order valence-electron chi connectivity index (χ0n) is 24.5. The van der Waals surface area contributed by atoms with Gasteiger partial charge in [-0.1, -0.05) is 23.8 Å². The van der Waals surface area contributed by atoms with Gasteiger partial charge < -0.3 is 24.4 Å². The summed E-state index contributed by atoms with van der Waals surface area (Å²) in [7, 11) is 0. The number of allylic oxidation sites excluding steroid dienone is 3. The second-order valence-electron chi connectivity index (χ2n) is 13.2. The molecule has 41 heavy (non-hydrogen) atoms. The van der Waals surface area contributed by atoms with E-state index < -0.39 is 40.1 Å². The molecule has 4 atom stereocenters. The molecule has 1 saturated carbocycles. The molecule has 4 bridgehead atoms. The van der Waals surface area contributed by atoms with Gasteiger partial charge in [0.25, 0.3) is 0 Å². The van der Waals surface area contributed by atoms with Crippen molar-refractivity contribution in [1.29, 1.82) is 0 Å². The van der Waals surface area contributed by atoms with Crippen LogP contribution in [-0.4, -0.2) is 50.2 Å². The highest BCUT2D eigenvalue weighted by Crippen LogP contribution is 2.68. The van der Waals surface area contributed by atoms with Gasteiger partial charge in [0.1, 0.15) is 28.4 Å². The van der Waals surface area contributed by atoms with Crippen LogP contribution in [-0.2, 0) is 20.7 Å². The normalized spacial score (nSPS) is 31.4. The number of benzene rings is 1. The van der Waals surface area contributed by atoms with E-state index in [1.807, 2.05) is 53.7 Å². The van der Waals surface area contributed by atoms with Gasteiger partial charge in [-0.25, -0.2) is 4.79 Å². The Bertz CT molecular complexity index is 1560. The van der Waals surface area contributed by atoms with Crippen molar-refractivity contribution in [3.63, 3.8) is 0 Å². The van der Waals surface area contributed by atoms with Gasteiger partial charge in [0.05, 0.1) is 11.2 Å². The van der Waals surface area contributed by atoms with E-state index in [0.29, 0.717) is 35.3 Å². The molecule has 216 valence electrons. The van der Waals surface area contributed by atoms with Crippen LogP contribution in [0.2, 0.25) is 0 Å². The molecule has 6 aliphatic rings. The number of ketones is 2. The number of carboxylic acids is 1. The second-order valence-corrected chi connectivity index (χ2v) is 13.2. The lowest BCUT2D eigenvalue weighted by Crippen LogP contribution is -2.72. The topological polar surface area (TPSA) is 119 Å². The van der Waals surface area contributed by atoms with Gasteiger partial charge >= 0.3 is 5.97 Å². The van der Waals surface area contributed by atoms with Crippen LogP contribution in [0, 0.1) is 11.8 Å². The Hall–Kier alpha value is -3.65.